The smallest absolute Gasteiger partial charge is 0.300 e. The van der Waals surface area contributed by atoms with Gasteiger partial charge in [-0.05, 0) is 48.9 Å². The molecule has 3 aromatic carbocycles. The van der Waals surface area contributed by atoms with Crippen molar-refractivity contribution < 1.29 is 14.7 Å². The van der Waals surface area contributed by atoms with Crippen molar-refractivity contribution in [3.05, 3.63) is 104 Å². The van der Waals surface area contributed by atoms with Crippen molar-refractivity contribution in [2.75, 3.05) is 4.90 Å². The maximum absolute atomic E-state index is 13.3. The number of carbonyl (C=O) groups excluding carboxylic acids is 2. The molecule has 170 valence electrons. The van der Waals surface area contributed by atoms with Gasteiger partial charge in [-0.1, -0.05) is 59.1 Å². The Bertz CT molecular complexity index is 1520. The predicted molar refractivity (Wildman–Crippen MR) is 136 cm³/mol. The Morgan fingerprint density at radius 1 is 0.941 bits per heavy atom. The Balaban J connectivity index is 1.79. The van der Waals surface area contributed by atoms with Crippen LogP contribution in [-0.2, 0) is 9.59 Å². The third kappa shape index (κ3) is 3.57. The first-order valence-corrected chi connectivity index (χ1v) is 11.5. The van der Waals surface area contributed by atoms with Crippen LogP contribution in [0, 0.1) is 6.92 Å². The van der Waals surface area contributed by atoms with Gasteiger partial charge < -0.3 is 10.1 Å². The summed E-state index contributed by atoms with van der Waals surface area (Å²) in [5.74, 6) is -1.92. The first-order valence-electron chi connectivity index (χ1n) is 10.4. The number of nitrogens with zero attached hydrogens (tertiary/aromatic N) is 1. The summed E-state index contributed by atoms with van der Waals surface area (Å²) in [5, 5.41) is 13.1. The van der Waals surface area contributed by atoms with Crippen molar-refractivity contribution in [1.29, 1.82) is 0 Å². The number of aliphatic hydroxyl groups excluding tert-OH is 1. The number of fused-ring (bicyclic) bond motifs is 1. The van der Waals surface area contributed by atoms with Crippen LogP contribution >= 0.6 is 34.8 Å². The lowest BCUT2D eigenvalue weighted by Crippen LogP contribution is -2.29. The van der Waals surface area contributed by atoms with Crippen LogP contribution in [0.25, 0.3) is 16.7 Å². The second-order valence-corrected chi connectivity index (χ2v) is 9.24. The molecule has 1 aliphatic heterocycles. The molecule has 1 atom stereocenters. The fraction of sp³-hybridized carbons (Fsp3) is 0.0769. The number of para-hydroxylation sites is 1. The number of Topliss-reactive ketones (excluding diaryl/α,β-unsaturated/α-hetero) is 1. The fourth-order valence-electron chi connectivity index (χ4n) is 4.24. The highest BCUT2D eigenvalue weighted by molar-refractivity contribution is 6.52. The van der Waals surface area contributed by atoms with Gasteiger partial charge >= 0.3 is 0 Å². The van der Waals surface area contributed by atoms with Crippen molar-refractivity contribution in [1.82, 2.24) is 4.98 Å². The van der Waals surface area contributed by atoms with Crippen molar-refractivity contribution in [3.63, 3.8) is 0 Å². The number of aromatic amines is 1. The molecule has 5 nitrogen and oxygen atoms in total. The molecule has 0 radical (unpaired) electrons. The highest BCUT2D eigenvalue weighted by Gasteiger charge is 2.47. The molecule has 5 rings (SSSR count). The zero-order chi connectivity index (χ0) is 24.1. The molecule has 34 heavy (non-hydrogen) atoms. The SMILES string of the molecule is Cc1ccc(N2C(=O)C(=O)/C(=C(/O)c3ccc(Cl)c(Cl)c3)C2c2c[nH]c3ccccc23)cc1Cl. The quantitative estimate of drug-likeness (QED) is 0.176. The zero-order valence-electron chi connectivity index (χ0n) is 17.8. The van der Waals surface area contributed by atoms with Gasteiger partial charge in [-0.25, -0.2) is 0 Å². The lowest BCUT2D eigenvalue weighted by Gasteiger charge is -2.25. The lowest BCUT2D eigenvalue weighted by molar-refractivity contribution is -0.132. The van der Waals surface area contributed by atoms with E-state index in [1.54, 1.807) is 30.5 Å². The fourth-order valence-corrected chi connectivity index (χ4v) is 4.72. The standard InChI is InChI=1S/C26H17Cl3N2O3/c1-13-6-8-15(11-19(13)28)31-23(17-12-30-21-5-3-2-4-16(17)21)22(25(33)26(31)34)24(32)14-7-9-18(27)20(29)10-14/h2-12,23,30,32H,1H3/b24-22+. The molecule has 1 aliphatic rings. The first-order chi connectivity index (χ1) is 16.3. The van der Waals surface area contributed by atoms with Gasteiger partial charge in [0.15, 0.2) is 0 Å². The molecule has 1 amide bonds. The van der Waals surface area contributed by atoms with E-state index in [4.69, 9.17) is 34.8 Å². The maximum Gasteiger partial charge on any atom is 0.300 e. The number of benzene rings is 3. The molecule has 0 aliphatic carbocycles. The van der Waals surface area contributed by atoms with E-state index in [2.05, 4.69) is 4.98 Å². The minimum Gasteiger partial charge on any atom is -0.507 e. The molecule has 0 spiro atoms. The summed E-state index contributed by atoms with van der Waals surface area (Å²) in [6.45, 7) is 1.85. The minimum atomic E-state index is -0.899. The first kappa shape index (κ1) is 22.5. The molecule has 8 heteroatoms. The van der Waals surface area contributed by atoms with E-state index in [0.717, 1.165) is 16.5 Å². The predicted octanol–water partition coefficient (Wildman–Crippen LogP) is 7.06. The van der Waals surface area contributed by atoms with E-state index in [1.165, 1.54) is 17.0 Å². The third-order valence-electron chi connectivity index (χ3n) is 5.99. The van der Waals surface area contributed by atoms with Crippen LogP contribution in [0.5, 0.6) is 0 Å². The van der Waals surface area contributed by atoms with E-state index in [0.29, 0.717) is 21.3 Å². The number of hydrogen-bond acceptors (Lipinski definition) is 3. The number of anilines is 1. The number of nitrogens with one attached hydrogen (secondary N) is 1. The van der Waals surface area contributed by atoms with Gasteiger partial charge in [-0.2, -0.15) is 0 Å². The monoisotopic (exact) mass is 510 g/mol. The average Bonchev–Trinajstić information content (AvgIpc) is 3.36. The number of amides is 1. The molecule has 1 fully saturated rings. The van der Waals surface area contributed by atoms with Gasteiger partial charge in [0.1, 0.15) is 5.76 Å². The highest BCUT2D eigenvalue weighted by atomic mass is 35.5. The van der Waals surface area contributed by atoms with Crippen LogP contribution in [0.15, 0.2) is 72.4 Å². The van der Waals surface area contributed by atoms with Gasteiger partial charge in [0.05, 0.1) is 21.7 Å². The second kappa shape index (κ2) is 8.51. The van der Waals surface area contributed by atoms with Crippen LogP contribution in [0.2, 0.25) is 15.1 Å². The lowest BCUT2D eigenvalue weighted by atomic mass is 9.94. The summed E-state index contributed by atoms with van der Waals surface area (Å²) >= 11 is 18.5. The van der Waals surface area contributed by atoms with E-state index >= 15 is 0 Å². The molecular formula is C26H17Cl3N2O3. The Morgan fingerprint density at radius 2 is 1.71 bits per heavy atom. The Kier molecular flexibility index (Phi) is 5.64. The number of rotatable bonds is 3. The molecule has 1 unspecified atom stereocenters. The average molecular weight is 512 g/mol. The molecule has 1 saturated heterocycles. The van der Waals surface area contributed by atoms with Crippen LogP contribution in [0.3, 0.4) is 0 Å². The number of hydrogen-bond donors (Lipinski definition) is 2. The van der Waals surface area contributed by atoms with Gasteiger partial charge in [-0.3, -0.25) is 14.5 Å². The summed E-state index contributed by atoms with van der Waals surface area (Å²) in [7, 11) is 0. The van der Waals surface area contributed by atoms with Crippen LogP contribution in [-0.4, -0.2) is 21.8 Å². The number of carbonyl (C=O) groups is 2. The number of aromatic nitrogens is 1. The van der Waals surface area contributed by atoms with E-state index in [-0.39, 0.29) is 21.9 Å². The molecular weight excluding hydrogens is 495 g/mol. The molecule has 0 saturated carbocycles. The van der Waals surface area contributed by atoms with Crippen LogP contribution in [0.4, 0.5) is 5.69 Å². The summed E-state index contributed by atoms with van der Waals surface area (Å²) in [5.41, 5.74) is 3.00. The normalized spacial score (nSPS) is 17.6. The number of aliphatic hydroxyl groups is 1. The second-order valence-electron chi connectivity index (χ2n) is 8.02. The van der Waals surface area contributed by atoms with E-state index < -0.39 is 17.7 Å². The molecule has 1 aromatic heterocycles. The third-order valence-corrected chi connectivity index (χ3v) is 7.13. The number of aryl methyl sites for hydroxylation is 1. The number of halogens is 3. The van der Waals surface area contributed by atoms with Crippen molar-refractivity contribution >= 4 is 68.8 Å². The summed E-state index contributed by atoms with van der Waals surface area (Å²) < 4.78 is 0. The van der Waals surface area contributed by atoms with Gasteiger partial charge in [0.2, 0.25) is 0 Å². The van der Waals surface area contributed by atoms with Gasteiger partial charge in [0.25, 0.3) is 11.7 Å². The van der Waals surface area contributed by atoms with E-state index in [9.17, 15) is 14.7 Å². The Morgan fingerprint density at radius 3 is 2.44 bits per heavy atom. The van der Waals surface area contributed by atoms with Gasteiger partial charge in [0, 0.05) is 38.9 Å². The van der Waals surface area contributed by atoms with Crippen LogP contribution in [0.1, 0.15) is 22.7 Å². The summed E-state index contributed by atoms with van der Waals surface area (Å²) in [4.78, 5) is 31.2. The maximum atomic E-state index is 13.3. The van der Waals surface area contributed by atoms with Crippen molar-refractivity contribution in [3.8, 4) is 0 Å². The van der Waals surface area contributed by atoms with Gasteiger partial charge in [-0.15, -0.1) is 0 Å². The zero-order valence-corrected chi connectivity index (χ0v) is 20.0. The molecule has 4 aromatic rings. The minimum absolute atomic E-state index is 0.0511. The summed E-state index contributed by atoms with van der Waals surface area (Å²) in [6, 6.07) is 16.3. The Labute approximate surface area is 210 Å². The Hall–Kier alpha value is -3.25. The van der Waals surface area contributed by atoms with Crippen molar-refractivity contribution in [2.45, 2.75) is 13.0 Å². The number of H-pyrrole nitrogens is 1. The molecule has 2 N–H and O–H groups in total. The molecule has 0 bridgehead atoms. The highest BCUT2D eigenvalue weighted by Crippen LogP contribution is 2.45. The van der Waals surface area contributed by atoms with Crippen molar-refractivity contribution in [2.24, 2.45) is 0 Å². The van der Waals surface area contributed by atoms with E-state index in [1.807, 2.05) is 31.2 Å². The number of ketones is 1. The topological polar surface area (TPSA) is 73.4 Å². The summed E-state index contributed by atoms with van der Waals surface area (Å²) in [6.07, 6.45) is 1.74. The largest absolute Gasteiger partial charge is 0.507 e. The van der Waals surface area contributed by atoms with Crippen LogP contribution < -0.4 is 4.90 Å². The molecule has 2 heterocycles.